The molecule has 0 spiro atoms. The molecule has 0 saturated carbocycles. The van der Waals surface area contributed by atoms with Crippen LogP contribution in [-0.2, 0) is 0 Å². The van der Waals surface area contributed by atoms with Crippen molar-refractivity contribution in [3.63, 3.8) is 0 Å². The predicted octanol–water partition coefficient (Wildman–Crippen LogP) is 1.31. The molecular formula is C4H7Cl2N3. The smallest absolute Gasteiger partial charge is 0.0571 e. The second kappa shape index (κ2) is 5.72. The average molecular weight is 168 g/mol. The fraction of sp³-hybridized carbons (Fsp3) is 0.250. The molecule has 0 atom stereocenters. The molecule has 0 aromatic heterocycles. The summed E-state index contributed by atoms with van der Waals surface area (Å²) in [5, 5.41) is 3.61. The minimum atomic E-state index is 1.10. The number of hydrazone groups is 1. The molecule has 9 heavy (non-hydrogen) atoms. The second-order valence-corrected chi connectivity index (χ2v) is 1.33. The lowest BCUT2D eigenvalue weighted by Crippen LogP contribution is -2.20. The number of allylic oxidation sites excluding steroid dienone is 1. The van der Waals surface area contributed by atoms with Crippen molar-refractivity contribution >= 4 is 29.6 Å². The molecule has 0 aliphatic carbocycles. The highest BCUT2D eigenvalue weighted by molar-refractivity contribution is 6.15. The van der Waals surface area contributed by atoms with Gasteiger partial charge in [0.1, 0.15) is 0 Å². The average Bonchev–Trinajstić information content (AvgIpc) is 1.94. The maximum Gasteiger partial charge on any atom is 0.0571 e. The zero-order chi connectivity index (χ0) is 7.11. The zero-order valence-corrected chi connectivity index (χ0v) is 6.39. The Hall–Kier alpha value is -0.410. The van der Waals surface area contributed by atoms with Crippen LogP contribution in [-0.4, -0.2) is 17.2 Å². The van der Waals surface area contributed by atoms with Crippen molar-refractivity contribution in [3.8, 4) is 0 Å². The van der Waals surface area contributed by atoms with Gasteiger partial charge in [-0.15, -0.1) is 21.3 Å². The first kappa shape index (κ1) is 8.59. The molecule has 1 rings (SSSR count). The molecule has 0 aromatic rings. The van der Waals surface area contributed by atoms with Crippen LogP contribution in [0.4, 0.5) is 0 Å². The summed E-state index contributed by atoms with van der Waals surface area (Å²) in [5.74, 6) is 0. The van der Waals surface area contributed by atoms with Gasteiger partial charge in [0.05, 0.1) is 18.0 Å². The van der Waals surface area contributed by atoms with Crippen LogP contribution < -0.4 is 5.43 Å². The van der Waals surface area contributed by atoms with Crippen LogP contribution in [0.5, 0.6) is 0 Å². The van der Waals surface area contributed by atoms with E-state index in [4.69, 9.17) is 11.8 Å². The number of nitrogens with one attached hydrogen (secondary N) is 1. The highest BCUT2D eigenvalue weighted by Gasteiger charge is 1.88. The van der Waals surface area contributed by atoms with Gasteiger partial charge < -0.3 is 0 Å². The quantitative estimate of drug-likeness (QED) is 0.436. The Balaban J connectivity index is 0.000000291. The SMILES string of the molecule is CCl.ClN1N=CC=CN1. The third kappa shape index (κ3) is 4.12. The van der Waals surface area contributed by atoms with Crippen molar-refractivity contribution in [3.05, 3.63) is 12.3 Å². The lowest BCUT2D eigenvalue weighted by atomic mass is 10.7. The zero-order valence-electron chi connectivity index (χ0n) is 4.88. The van der Waals surface area contributed by atoms with Gasteiger partial charge in [0.2, 0.25) is 0 Å². The number of alkyl halides is 1. The summed E-state index contributed by atoms with van der Waals surface area (Å²) in [6.07, 6.45) is 6.49. The summed E-state index contributed by atoms with van der Waals surface area (Å²) in [6, 6.07) is 0. The summed E-state index contributed by atoms with van der Waals surface area (Å²) >= 11 is 9.93. The molecule has 0 aromatic carbocycles. The fourth-order valence-corrected chi connectivity index (χ4v) is 0.385. The van der Waals surface area contributed by atoms with Crippen LogP contribution in [0.15, 0.2) is 17.4 Å². The van der Waals surface area contributed by atoms with Crippen molar-refractivity contribution in [1.29, 1.82) is 0 Å². The van der Waals surface area contributed by atoms with Gasteiger partial charge in [0, 0.05) is 12.6 Å². The Kier molecular flexibility index (Phi) is 5.46. The summed E-state index contributed by atoms with van der Waals surface area (Å²) < 4.78 is 1.10. The first-order chi connectivity index (χ1) is 4.39. The molecule has 1 aliphatic rings. The minimum absolute atomic E-state index is 1.10. The van der Waals surface area contributed by atoms with E-state index in [1.807, 2.05) is 0 Å². The summed E-state index contributed by atoms with van der Waals surface area (Å²) in [6.45, 7) is 0. The van der Waals surface area contributed by atoms with Gasteiger partial charge >= 0.3 is 0 Å². The van der Waals surface area contributed by atoms with Crippen LogP contribution in [0.3, 0.4) is 0 Å². The van der Waals surface area contributed by atoms with E-state index in [2.05, 4.69) is 22.1 Å². The number of hydrogen-bond acceptors (Lipinski definition) is 3. The molecule has 1 heterocycles. The largest absolute Gasteiger partial charge is 0.274 e. The van der Waals surface area contributed by atoms with Crippen LogP contribution in [0.2, 0.25) is 0 Å². The summed E-state index contributed by atoms with van der Waals surface area (Å²) in [5.41, 5.74) is 2.60. The van der Waals surface area contributed by atoms with Crippen LogP contribution >= 0.6 is 23.4 Å². The Morgan fingerprint density at radius 1 is 1.56 bits per heavy atom. The van der Waals surface area contributed by atoms with Crippen molar-refractivity contribution in [2.45, 2.75) is 0 Å². The normalized spacial score (nSPS) is 13.9. The molecule has 0 fully saturated rings. The van der Waals surface area contributed by atoms with E-state index >= 15 is 0 Å². The van der Waals surface area contributed by atoms with E-state index in [0.717, 1.165) is 4.64 Å². The van der Waals surface area contributed by atoms with Gasteiger partial charge in [-0.05, 0) is 6.08 Å². The van der Waals surface area contributed by atoms with E-state index in [-0.39, 0.29) is 0 Å². The number of nitrogens with zero attached hydrogens (tertiary/aromatic N) is 2. The van der Waals surface area contributed by atoms with Gasteiger partial charge in [0.25, 0.3) is 0 Å². The number of halogens is 2. The number of hydrazine groups is 1. The molecule has 1 aliphatic heterocycles. The minimum Gasteiger partial charge on any atom is -0.274 e. The predicted molar refractivity (Wildman–Crippen MR) is 40.2 cm³/mol. The third-order valence-corrected chi connectivity index (χ3v) is 0.716. The van der Waals surface area contributed by atoms with Crippen LogP contribution in [0.25, 0.3) is 0 Å². The van der Waals surface area contributed by atoms with E-state index < -0.39 is 0 Å². The molecule has 0 unspecified atom stereocenters. The maximum absolute atomic E-state index is 5.29. The molecule has 52 valence electrons. The summed E-state index contributed by atoms with van der Waals surface area (Å²) in [7, 11) is 0. The van der Waals surface area contributed by atoms with Crippen molar-refractivity contribution in [2.24, 2.45) is 5.10 Å². The fourth-order valence-electron chi connectivity index (χ4n) is 0.278. The first-order valence-corrected chi connectivity index (χ1v) is 3.28. The highest BCUT2D eigenvalue weighted by atomic mass is 35.5. The van der Waals surface area contributed by atoms with Crippen molar-refractivity contribution in [2.75, 3.05) is 6.38 Å². The first-order valence-electron chi connectivity index (χ1n) is 2.18. The van der Waals surface area contributed by atoms with Crippen molar-refractivity contribution in [1.82, 2.24) is 10.1 Å². The lowest BCUT2D eigenvalue weighted by Gasteiger charge is -2.08. The van der Waals surface area contributed by atoms with E-state index in [1.54, 1.807) is 18.5 Å². The highest BCUT2D eigenvalue weighted by Crippen LogP contribution is 1.90. The van der Waals surface area contributed by atoms with Gasteiger partial charge in [-0.3, -0.25) is 5.43 Å². The Morgan fingerprint density at radius 3 is 2.44 bits per heavy atom. The molecule has 0 saturated heterocycles. The second-order valence-electron chi connectivity index (χ2n) is 1.01. The van der Waals surface area contributed by atoms with Gasteiger partial charge in [-0.25, -0.2) is 0 Å². The molecule has 0 bridgehead atoms. The molecule has 0 amide bonds. The lowest BCUT2D eigenvalue weighted by molar-refractivity contribution is 0.414. The number of hydrogen-bond donors (Lipinski definition) is 1. The maximum atomic E-state index is 5.29. The van der Waals surface area contributed by atoms with Gasteiger partial charge in [-0.1, -0.05) is 0 Å². The molecule has 5 heteroatoms. The van der Waals surface area contributed by atoms with E-state index in [1.165, 1.54) is 6.38 Å². The number of rotatable bonds is 0. The summed E-state index contributed by atoms with van der Waals surface area (Å²) in [4.78, 5) is 0. The molecule has 1 N–H and O–H groups in total. The Labute approximate surface area is 64.0 Å². The monoisotopic (exact) mass is 167 g/mol. The van der Waals surface area contributed by atoms with E-state index in [0.29, 0.717) is 0 Å². The molecular weight excluding hydrogens is 161 g/mol. The standard InChI is InChI=1S/C3H4ClN3.CH3Cl/c4-7-5-2-1-3-6-7;1-2/h1-3,5H;1H3. The van der Waals surface area contributed by atoms with Crippen molar-refractivity contribution < 1.29 is 0 Å². The van der Waals surface area contributed by atoms with Gasteiger partial charge in [0.15, 0.2) is 0 Å². The topological polar surface area (TPSA) is 27.6 Å². The van der Waals surface area contributed by atoms with Gasteiger partial charge in [-0.2, -0.15) is 0 Å². The third-order valence-electron chi connectivity index (χ3n) is 0.531. The van der Waals surface area contributed by atoms with Crippen LogP contribution in [0, 0.1) is 0 Å². The Morgan fingerprint density at radius 2 is 2.22 bits per heavy atom. The Bertz CT molecular complexity index is 112. The van der Waals surface area contributed by atoms with E-state index in [9.17, 15) is 0 Å². The molecule has 0 radical (unpaired) electrons. The van der Waals surface area contributed by atoms with Crippen LogP contribution in [0.1, 0.15) is 0 Å². The molecule has 3 nitrogen and oxygen atoms in total.